The van der Waals surface area contributed by atoms with E-state index in [1.54, 1.807) is 25.1 Å². The van der Waals surface area contributed by atoms with Gasteiger partial charge < -0.3 is 31.2 Å². The number of hydrogen-bond donors (Lipinski definition) is 4. The highest BCUT2D eigenvalue weighted by Gasteiger charge is 2.31. The number of carbonyl (C=O) groups excluding carboxylic acids is 3. The van der Waals surface area contributed by atoms with Gasteiger partial charge in [-0.3, -0.25) is 9.59 Å². The fourth-order valence-corrected chi connectivity index (χ4v) is 3.25. The van der Waals surface area contributed by atoms with Crippen molar-refractivity contribution in [3.05, 3.63) is 70.9 Å². The summed E-state index contributed by atoms with van der Waals surface area (Å²) in [5, 5.41) is 8.31. The van der Waals surface area contributed by atoms with Gasteiger partial charge in [0.05, 0.1) is 18.7 Å². The Balaban J connectivity index is 1.86. The van der Waals surface area contributed by atoms with E-state index in [1.165, 1.54) is 7.11 Å². The number of ether oxygens (including phenoxy) is 2. The molecule has 1 aliphatic rings. The second kappa shape index (κ2) is 9.66. The van der Waals surface area contributed by atoms with Gasteiger partial charge in [0, 0.05) is 12.2 Å². The number of benzene rings is 2. The van der Waals surface area contributed by atoms with Crippen LogP contribution in [-0.4, -0.2) is 31.6 Å². The third-order valence-electron chi connectivity index (χ3n) is 4.70. The van der Waals surface area contributed by atoms with Crippen LogP contribution in [0.1, 0.15) is 24.1 Å². The van der Waals surface area contributed by atoms with Crippen molar-refractivity contribution in [3.63, 3.8) is 0 Å². The van der Waals surface area contributed by atoms with Crippen molar-refractivity contribution in [3.8, 4) is 11.5 Å². The molecule has 2 aromatic rings. The van der Waals surface area contributed by atoms with Gasteiger partial charge in [-0.25, -0.2) is 4.79 Å². The third-order valence-corrected chi connectivity index (χ3v) is 4.70. The van der Waals surface area contributed by atoms with Crippen LogP contribution in [0.15, 0.2) is 59.8 Å². The van der Waals surface area contributed by atoms with Crippen molar-refractivity contribution >= 4 is 17.8 Å². The molecular formula is C22H24N4O5. The largest absolute Gasteiger partial charge is 0.493 e. The van der Waals surface area contributed by atoms with E-state index in [-0.39, 0.29) is 12.5 Å². The van der Waals surface area contributed by atoms with E-state index in [0.717, 1.165) is 5.56 Å². The Labute approximate surface area is 179 Å². The van der Waals surface area contributed by atoms with Crippen LogP contribution in [0.3, 0.4) is 0 Å². The second-order valence-corrected chi connectivity index (χ2v) is 6.90. The highest BCUT2D eigenvalue weighted by molar-refractivity contribution is 5.98. The molecule has 3 rings (SSSR count). The summed E-state index contributed by atoms with van der Waals surface area (Å²) in [4.78, 5) is 36.1. The van der Waals surface area contributed by atoms with E-state index in [1.807, 2.05) is 30.3 Å². The summed E-state index contributed by atoms with van der Waals surface area (Å²) in [5.41, 5.74) is 7.52. The van der Waals surface area contributed by atoms with E-state index in [0.29, 0.717) is 34.9 Å². The number of allylic oxidation sites excluding steroid dienone is 1. The van der Waals surface area contributed by atoms with Crippen LogP contribution < -0.4 is 31.2 Å². The molecule has 9 nitrogen and oxygen atoms in total. The molecule has 0 unspecified atom stereocenters. The molecule has 0 spiro atoms. The monoisotopic (exact) mass is 424 g/mol. The zero-order valence-electron chi connectivity index (χ0n) is 17.2. The number of hydrogen-bond acceptors (Lipinski definition) is 5. The molecule has 0 radical (unpaired) electrons. The third kappa shape index (κ3) is 5.33. The molecule has 1 heterocycles. The fourth-order valence-electron chi connectivity index (χ4n) is 3.25. The summed E-state index contributed by atoms with van der Waals surface area (Å²) in [6.45, 7) is 1.72. The molecule has 2 aromatic carbocycles. The molecule has 4 amide bonds. The summed E-state index contributed by atoms with van der Waals surface area (Å²) in [7, 11) is 1.45. The highest BCUT2D eigenvalue weighted by Crippen LogP contribution is 2.34. The first kappa shape index (κ1) is 21.7. The maximum atomic E-state index is 13.0. The number of primary amides is 1. The van der Waals surface area contributed by atoms with Gasteiger partial charge in [-0.15, -0.1) is 0 Å². The van der Waals surface area contributed by atoms with Crippen LogP contribution in [0.2, 0.25) is 0 Å². The molecule has 0 fully saturated rings. The molecule has 5 N–H and O–H groups in total. The summed E-state index contributed by atoms with van der Waals surface area (Å²) in [6, 6.07) is 13.3. The lowest BCUT2D eigenvalue weighted by Crippen LogP contribution is -2.46. The van der Waals surface area contributed by atoms with Crippen molar-refractivity contribution in [2.45, 2.75) is 19.5 Å². The molecule has 0 saturated heterocycles. The topological polar surface area (TPSA) is 132 Å². The summed E-state index contributed by atoms with van der Waals surface area (Å²) in [5.74, 6) is -0.270. The van der Waals surface area contributed by atoms with Gasteiger partial charge in [-0.2, -0.15) is 0 Å². The van der Waals surface area contributed by atoms with Gasteiger partial charge >= 0.3 is 6.03 Å². The van der Waals surface area contributed by atoms with E-state index in [2.05, 4.69) is 16.0 Å². The smallest absolute Gasteiger partial charge is 0.319 e. The van der Waals surface area contributed by atoms with Crippen molar-refractivity contribution in [2.24, 2.45) is 5.73 Å². The van der Waals surface area contributed by atoms with Crippen LogP contribution in [0.25, 0.3) is 0 Å². The number of methoxy groups -OCH3 is 1. The van der Waals surface area contributed by atoms with Crippen molar-refractivity contribution in [1.82, 2.24) is 16.0 Å². The minimum absolute atomic E-state index is 0.300. The molecule has 9 heteroatoms. The van der Waals surface area contributed by atoms with Gasteiger partial charge in [0.2, 0.25) is 0 Å². The van der Waals surface area contributed by atoms with Gasteiger partial charge in [0.15, 0.2) is 18.1 Å². The minimum Gasteiger partial charge on any atom is -0.493 e. The van der Waals surface area contributed by atoms with E-state index in [4.69, 9.17) is 15.2 Å². The predicted octanol–water partition coefficient (Wildman–Crippen LogP) is 1.50. The van der Waals surface area contributed by atoms with E-state index < -0.39 is 18.0 Å². The zero-order chi connectivity index (χ0) is 22.4. The number of carbonyl (C=O) groups is 3. The predicted molar refractivity (Wildman–Crippen MR) is 113 cm³/mol. The van der Waals surface area contributed by atoms with Crippen molar-refractivity contribution in [1.29, 1.82) is 0 Å². The van der Waals surface area contributed by atoms with Gasteiger partial charge in [-0.05, 0) is 30.2 Å². The quantitative estimate of drug-likeness (QED) is 0.510. The molecule has 0 aliphatic carbocycles. The average Bonchev–Trinajstić information content (AvgIpc) is 2.76. The first-order valence-corrected chi connectivity index (χ1v) is 9.58. The second-order valence-electron chi connectivity index (χ2n) is 6.90. The van der Waals surface area contributed by atoms with Crippen LogP contribution in [0, 0.1) is 0 Å². The van der Waals surface area contributed by atoms with E-state index >= 15 is 0 Å². The Hall–Kier alpha value is -4.01. The molecule has 0 saturated carbocycles. The first-order chi connectivity index (χ1) is 14.9. The molecule has 1 atom stereocenters. The number of rotatable bonds is 8. The maximum absolute atomic E-state index is 13.0. The lowest BCUT2D eigenvalue weighted by atomic mass is 9.94. The van der Waals surface area contributed by atoms with Gasteiger partial charge in [-0.1, -0.05) is 36.4 Å². The molecule has 1 aliphatic heterocycles. The lowest BCUT2D eigenvalue weighted by molar-refractivity contribution is -0.120. The number of nitrogens with two attached hydrogens (primary N) is 1. The van der Waals surface area contributed by atoms with Gasteiger partial charge in [0.1, 0.15) is 0 Å². The Morgan fingerprint density at radius 2 is 1.87 bits per heavy atom. The summed E-state index contributed by atoms with van der Waals surface area (Å²) >= 11 is 0. The van der Waals surface area contributed by atoms with Crippen molar-refractivity contribution in [2.75, 3.05) is 13.7 Å². The lowest BCUT2D eigenvalue weighted by Gasteiger charge is -2.29. The average molecular weight is 424 g/mol. The van der Waals surface area contributed by atoms with E-state index in [9.17, 15) is 14.4 Å². The van der Waals surface area contributed by atoms with Crippen LogP contribution in [0.4, 0.5) is 4.79 Å². The molecule has 31 heavy (non-hydrogen) atoms. The Kier molecular flexibility index (Phi) is 6.76. The highest BCUT2D eigenvalue weighted by atomic mass is 16.5. The van der Waals surface area contributed by atoms with Crippen LogP contribution in [0.5, 0.6) is 11.5 Å². The van der Waals surface area contributed by atoms with Crippen molar-refractivity contribution < 1.29 is 23.9 Å². The standard InChI is InChI=1S/C22H24N4O5/c1-13-19(21(28)24-11-14-6-4-3-5-7-14)20(26-22(29)25-13)15-8-9-16(17(10-15)30-2)31-12-18(23)27/h3-10,20H,11-12H2,1-2H3,(H2,23,27)(H,24,28)(H2,25,26,29)/t20-/m0/s1. The van der Waals surface area contributed by atoms with Gasteiger partial charge in [0.25, 0.3) is 11.8 Å². The molecule has 0 aromatic heterocycles. The fraction of sp³-hybridized carbons (Fsp3) is 0.227. The van der Waals surface area contributed by atoms with Crippen LogP contribution in [-0.2, 0) is 16.1 Å². The normalized spacial score (nSPS) is 15.5. The molecular weight excluding hydrogens is 400 g/mol. The SMILES string of the molecule is COc1cc([C@@H]2NC(=O)NC(C)=C2C(=O)NCc2ccccc2)ccc1OCC(N)=O. The number of nitrogens with one attached hydrogen (secondary N) is 3. The van der Waals surface area contributed by atoms with Crippen LogP contribution >= 0.6 is 0 Å². The number of urea groups is 1. The Bertz CT molecular complexity index is 1020. The maximum Gasteiger partial charge on any atom is 0.319 e. The zero-order valence-corrected chi connectivity index (χ0v) is 17.2. The first-order valence-electron chi connectivity index (χ1n) is 9.58. The molecule has 0 bridgehead atoms. The summed E-state index contributed by atoms with van der Waals surface area (Å²) < 4.78 is 10.7. The summed E-state index contributed by atoms with van der Waals surface area (Å²) in [6.07, 6.45) is 0. The number of amides is 4. The minimum atomic E-state index is -0.705. The molecule has 162 valence electrons. The Morgan fingerprint density at radius 1 is 1.13 bits per heavy atom. The Morgan fingerprint density at radius 3 is 2.55 bits per heavy atom.